The molecule has 3 aromatic rings. The fourth-order valence-electron chi connectivity index (χ4n) is 2.03. The van der Waals surface area contributed by atoms with Crippen LogP contribution in [0.25, 0.3) is 10.9 Å². The molecule has 2 aromatic carbocycles. The first-order valence-electron chi connectivity index (χ1n) is 6.37. The largest absolute Gasteiger partial charge is 0.504 e. The third kappa shape index (κ3) is 2.38. The van der Waals surface area contributed by atoms with Crippen LogP contribution < -0.4 is 5.56 Å². The number of phenols is 2. The number of H-pyrrole nitrogens is 1. The highest BCUT2D eigenvalue weighted by Crippen LogP contribution is 2.26. The molecule has 0 fully saturated rings. The molecule has 0 atom stereocenters. The van der Waals surface area contributed by atoms with Gasteiger partial charge in [-0.05, 0) is 36.5 Å². The van der Waals surface area contributed by atoms with Gasteiger partial charge in [0.2, 0.25) is 4.77 Å². The van der Waals surface area contributed by atoms with Crippen molar-refractivity contribution in [1.82, 2.24) is 9.66 Å². The number of nitrogens with one attached hydrogen (secondary N) is 1. The van der Waals surface area contributed by atoms with Crippen LogP contribution in [-0.2, 0) is 0 Å². The zero-order valence-electron chi connectivity index (χ0n) is 11.2. The molecule has 0 aliphatic carbocycles. The van der Waals surface area contributed by atoms with Gasteiger partial charge in [-0.2, -0.15) is 9.78 Å². The number of phenolic OH excluding ortho intramolecular Hbond substituents is 2. The molecular weight excluding hydrogens is 302 g/mol. The summed E-state index contributed by atoms with van der Waals surface area (Å²) in [6.45, 7) is 0. The Balaban J connectivity index is 2.15. The molecule has 0 bridgehead atoms. The van der Waals surface area contributed by atoms with E-state index in [1.54, 1.807) is 36.4 Å². The summed E-state index contributed by atoms with van der Waals surface area (Å²) in [5, 5.41) is 23.6. The maximum atomic E-state index is 12.4. The number of hydrogen-bond donors (Lipinski definition) is 3. The third-order valence-corrected chi connectivity index (χ3v) is 3.42. The van der Waals surface area contributed by atoms with Crippen LogP contribution in [0, 0.1) is 4.77 Å². The molecule has 0 aliphatic rings. The summed E-state index contributed by atoms with van der Waals surface area (Å²) in [5.74, 6) is -0.574. The van der Waals surface area contributed by atoms with Crippen molar-refractivity contribution in [2.45, 2.75) is 0 Å². The number of aromatic hydroxyl groups is 2. The summed E-state index contributed by atoms with van der Waals surface area (Å²) in [6, 6.07) is 11.4. The number of rotatable bonds is 2. The minimum atomic E-state index is -0.366. The molecule has 7 heteroatoms. The second kappa shape index (κ2) is 5.45. The van der Waals surface area contributed by atoms with E-state index >= 15 is 0 Å². The lowest BCUT2D eigenvalue weighted by molar-refractivity contribution is 0.403. The van der Waals surface area contributed by atoms with Crippen molar-refractivity contribution in [3.05, 3.63) is 63.2 Å². The van der Waals surface area contributed by atoms with E-state index in [0.717, 1.165) is 4.68 Å². The van der Waals surface area contributed by atoms with Gasteiger partial charge < -0.3 is 15.2 Å². The van der Waals surface area contributed by atoms with Crippen molar-refractivity contribution < 1.29 is 10.2 Å². The number of fused-ring (bicyclic) bond motifs is 1. The Morgan fingerprint density at radius 3 is 2.73 bits per heavy atom. The van der Waals surface area contributed by atoms with E-state index in [2.05, 4.69) is 10.1 Å². The van der Waals surface area contributed by atoms with Gasteiger partial charge in [-0.1, -0.05) is 18.2 Å². The van der Waals surface area contributed by atoms with Crippen LogP contribution in [0.15, 0.2) is 52.4 Å². The molecule has 0 amide bonds. The highest BCUT2D eigenvalue weighted by atomic mass is 32.1. The molecule has 1 heterocycles. The minimum absolute atomic E-state index is 0.139. The number of hydrogen-bond acceptors (Lipinski definition) is 5. The molecule has 0 radical (unpaired) electrons. The van der Waals surface area contributed by atoms with Gasteiger partial charge in [0.15, 0.2) is 11.5 Å². The van der Waals surface area contributed by atoms with E-state index in [4.69, 9.17) is 12.2 Å². The quantitative estimate of drug-likeness (QED) is 0.385. The lowest BCUT2D eigenvalue weighted by Crippen LogP contribution is -2.18. The number of para-hydroxylation sites is 2. The summed E-state index contributed by atoms with van der Waals surface area (Å²) in [4.78, 5) is 15.3. The zero-order chi connectivity index (χ0) is 15.7. The Morgan fingerprint density at radius 1 is 1.14 bits per heavy atom. The van der Waals surface area contributed by atoms with Gasteiger partial charge in [-0.25, -0.2) is 0 Å². The first-order valence-corrected chi connectivity index (χ1v) is 6.78. The van der Waals surface area contributed by atoms with Crippen molar-refractivity contribution in [3.63, 3.8) is 0 Å². The van der Waals surface area contributed by atoms with Gasteiger partial charge >= 0.3 is 0 Å². The number of benzene rings is 2. The van der Waals surface area contributed by atoms with Gasteiger partial charge in [0.25, 0.3) is 5.56 Å². The van der Waals surface area contributed by atoms with Crippen LogP contribution in [0.3, 0.4) is 0 Å². The smallest absolute Gasteiger partial charge is 0.282 e. The molecule has 0 unspecified atom stereocenters. The average molecular weight is 313 g/mol. The Bertz CT molecular complexity index is 1000. The Morgan fingerprint density at radius 2 is 1.91 bits per heavy atom. The van der Waals surface area contributed by atoms with Gasteiger partial charge in [0.05, 0.1) is 17.1 Å². The Hall–Kier alpha value is -2.93. The SMILES string of the molecule is O=c1c2ccccc2[nH]c(=S)n1/N=C/c1cccc(O)c1O. The van der Waals surface area contributed by atoms with Gasteiger partial charge in [-0.15, -0.1) is 0 Å². The molecule has 0 aliphatic heterocycles. The summed E-state index contributed by atoms with van der Waals surface area (Å²) in [5.41, 5.74) is 0.536. The lowest BCUT2D eigenvalue weighted by Gasteiger charge is -2.03. The maximum absolute atomic E-state index is 12.4. The third-order valence-electron chi connectivity index (χ3n) is 3.14. The molecule has 22 heavy (non-hydrogen) atoms. The Kier molecular flexibility index (Phi) is 3.48. The summed E-state index contributed by atoms with van der Waals surface area (Å²) in [7, 11) is 0. The molecule has 3 rings (SSSR count). The monoisotopic (exact) mass is 313 g/mol. The van der Waals surface area contributed by atoms with E-state index in [0.29, 0.717) is 10.9 Å². The van der Waals surface area contributed by atoms with E-state index in [1.807, 2.05) is 0 Å². The van der Waals surface area contributed by atoms with E-state index in [-0.39, 0.29) is 27.4 Å². The van der Waals surface area contributed by atoms with Crippen LogP contribution >= 0.6 is 12.2 Å². The molecule has 0 saturated carbocycles. The van der Waals surface area contributed by atoms with Crippen molar-refractivity contribution >= 4 is 29.3 Å². The zero-order valence-corrected chi connectivity index (χ0v) is 12.0. The highest BCUT2D eigenvalue weighted by Gasteiger charge is 2.05. The van der Waals surface area contributed by atoms with Crippen LogP contribution in [0.4, 0.5) is 0 Å². The van der Waals surface area contributed by atoms with E-state index in [9.17, 15) is 15.0 Å². The second-order valence-corrected chi connectivity index (χ2v) is 4.94. The van der Waals surface area contributed by atoms with Crippen LogP contribution in [0.2, 0.25) is 0 Å². The predicted molar refractivity (Wildman–Crippen MR) is 86.2 cm³/mol. The topological polar surface area (TPSA) is 90.6 Å². The summed E-state index contributed by atoms with van der Waals surface area (Å²) < 4.78 is 1.17. The Labute approximate surface area is 129 Å². The fourth-order valence-corrected chi connectivity index (χ4v) is 2.27. The molecule has 1 aromatic heterocycles. The van der Waals surface area contributed by atoms with E-state index in [1.165, 1.54) is 12.3 Å². The number of aromatic amines is 1. The van der Waals surface area contributed by atoms with Gasteiger partial charge in [0.1, 0.15) is 0 Å². The number of nitrogens with zero attached hydrogens (tertiary/aromatic N) is 2. The van der Waals surface area contributed by atoms with Crippen molar-refractivity contribution in [2.24, 2.45) is 5.10 Å². The predicted octanol–water partition coefficient (Wildman–Crippen LogP) is 2.35. The molecule has 3 N–H and O–H groups in total. The van der Waals surface area contributed by atoms with E-state index < -0.39 is 0 Å². The molecule has 110 valence electrons. The number of aromatic nitrogens is 2. The van der Waals surface area contributed by atoms with Crippen molar-refractivity contribution in [2.75, 3.05) is 0 Å². The minimum Gasteiger partial charge on any atom is -0.504 e. The average Bonchev–Trinajstić information content (AvgIpc) is 2.51. The van der Waals surface area contributed by atoms with Crippen LogP contribution in [0.1, 0.15) is 5.56 Å². The lowest BCUT2D eigenvalue weighted by atomic mass is 10.2. The normalized spacial score (nSPS) is 11.3. The molecule has 6 nitrogen and oxygen atoms in total. The summed E-state index contributed by atoms with van der Waals surface area (Å²) >= 11 is 5.12. The second-order valence-electron chi connectivity index (χ2n) is 4.55. The van der Waals surface area contributed by atoms with Crippen molar-refractivity contribution in [3.8, 4) is 11.5 Å². The van der Waals surface area contributed by atoms with Crippen molar-refractivity contribution in [1.29, 1.82) is 0 Å². The van der Waals surface area contributed by atoms with Gasteiger partial charge in [-0.3, -0.25) is 4.79 Å². The van der Waals surface area contributed by atoms with Gasteiger partial charge in [0, 0.05) is 5.56 Å². The standard InChI is InChI=1S/C15H11N3O3S/c19-12-7-3-4-9(13(12)20)8-16-18-14(21)10-5-1-2-6-11(10)17-15(18)22/h1-8,19-20H,(H,17,22)/b16-8+. The van der Waals surface area contributed by atoms with Crippen LogP contribution in [0.5, 0.6) is 11.5 Å². The molecular formula is C15H11N3O3S. The molecule has 0 saturated heterocycles. The first-order chi connectivity index (χ1) is 10.6. The fraction of sp³-hybridized carbons (Fsp3) is 0. The summed E-state index contributed by atoms with van der Waals surface area (Å²) in [6.07, 6.45) is 1.26. The molecule has 0 spiro atoms. The maximum Gasteiger partial charge on any atom is 0.282 e. The first kappa shape index (κ1) is 14.0. The highest BCUT2D eigenvalue weighted by molar-refractivity contribution is 7.71. The van der Waals surface area contributed by atoms with Crippen LogP contribution in [-0.4, -0.2) is 26.1 Å².